The molecule has 1 aliphatic rings. The van der Waals surface area contributed by atoms with Crippen LogP contribution in [0.3, 0.4) is 0 Å². The van der Waals surface area contributed by atoms with Crippen LogP contribution < -0.4 is 11.4 Å². The van der Waals surface area contributed by atoms with Crippen LogP contribution >= 0.6 is 21.6 Å². The smallest absolute Gasteiger partial charge is 0.351 e. The highest BCUT2D eigenvalue weighted by Crippen LogP contribution is 2.45. The first-order chi connectivity index (χ1) is 12.9. The summed E-state index contributed by atoms with van der Waals surface area (Å²) in [5, 5.41) is 30.0. The second kappa shape index (κ2) is 8.27. The summed E-state index contributed by atoms with van der Waals surface area (Å²) < 4.78 is 6.85. The Morgan fingerprint density at radius 1 is 1.33 bits per heavy atom. The topological polar surface area (TPSA) is 154 Å². The van der Waals surface area contributed by atoms with Crippen LogP contribution in [0.1, 0.15) is 6.23 Å². The van der Waals surface area contributed by atoms with Gasteiger partial charge in [-0.3, -0.25) is 14.7 Å². The fourth-order valence-electron chi connectivity index (χ4n) is 2.55. The number of nitrogens with two attached hydrogens (primary N) is 1. The molecule has 10 nitrogen and oxygen atoms in total. The van der Waals surface area contributed by atoms with Crippen LogP contribution in [0.25, 0.3) is 0 Å². The number of aromatic nitrogens is 2. The number of ether oxygens (including phenoxy) is 1. The number of rotatable bonds is 6. The number of nitro groups is 1. The van der Waals surface area contributed by atoms with Crippen LogP contribution in [0, 0.1) is 10.1 Å². The lowest BCUT2D eigenvalue weighted by Gasteiger charge is -2.20. The summed E-state index contributed by atoms with van der Waals surface area (Å²) in [7, 11) is 2.51. The Bertz CT molecular complexity index is 877. The van der Waals surface area contributed by atoms with Gasteiger partial charge in [-0.15, -0.1) is 0 Å². The van der Waals surface area contributed by atoms with E-state index in [2.05, 4.69) is 4.98 Å². The predicted molar refractivity (Wildman–Crippen MR) is 100 cm³/mol. The third-order valence-electron chi connectivity index (χ3n) is 3.92. The molecular formula is C15H16N4O6S2. The molecule has 0 amide bonds. The zero-order valence-electron chi connectivity index (χ0n) is 13.7. The molecule has 1 aromatic heterocycles. The number of hydrogen-bond acceptors (Lipinski definition) is 10. The summed E-state index contributed by atoms with van der Waals surface area (Å²) in [5.74, 6) is 0.0676. The molecule has 1 aliphatic heterocycles. The molecule has 1 aromatic carbocycles. The molecule has 2 aromatic rings. The van der Waals surface area contributed by atoms with Gasteiger partial charge in [0.1, 0.15) is 11.9 Å². The molecule has 3 rings (SSSR count). The first kappa shape index (κ1) is 19.6. The van der Waals surface area contributed by atoms with E-state index in [0.29, 0.717) is 0 Å². The summed E-state index contributed by atoms with van der Waals surface area (Å²) in [6.45, 7) is -0.409. The van der Waals surface area contributed by atoms with Crippen molar-refractivity contribution in [1.29, 1.82) is 0 Å². The van der Waals surface area contributed by atoms with Gasteiger partial charge in [-0.2, -0.15) is 4.98 Å². The largest absolute Gasteiger partial charge is 0.394 e. The zero-order valence-corrected chi connectivity index (χ0v) is 15.4. The summed E-state index contributed by atoms with van der Waals surface area (Å²) in [4.78, 5) is 26.7. The van der Waals surface area contributed by atoms with Crippen molar-refractivity contribution in [3.05, 3.63) is 57.1 Å². The summed E-state index contributed by atoms with van der Waals surface area (Å²) in [6.07, 6.45) is -1.31. The minimum atomic E-state index is -1.03. The Hall–Kier alpha value is -2.12. The normalized spacial score (nSPS) is 24.8. The lowest BCUT2D eigenvalue weighted by atomic mass is 10.2. The number of hydrogen-bond donors (Lipinski definition) is 3. The number of non-ortho nitro benzene ring substituents is 1. The number of nitrogens with zero attached hydrogens (tertiary/aromatic N) is 3. The lowest BCUT2D eigenvalue weighted by Crippen LogP contribution is -2.34. The number of aliphatic hydroxyl groups is 2. The zero-order chi connectivity index (χ0) is 19.6. The SMILES string of the molecule is Nc1ccn([C@@H]2O[C@H](CO)[C@@H](O)[C@@H]2SSc2ccc([N+](=O)[O-])cc2)c(=O)n1. The molecule has 27 heavy (non-hydrogen) atoms. The quantitative estimate of drug-likeness (QED) is 0.352. The minimum Gasteiger partial charge on any atom is -0.394 e. The fraction of sp³-hybridized carbons (Fsp3) is 0.333. The highest BCUT2D eigenvalue weighted by molar-refractivity contribution is 8.77. The fourth-order valence-corrected chi connectivity index (χ4v) is 5.23. The highest BCUT2D eigenvalue weighted by atomic mass is 33.1. The van der Waals surface area contributed by atoms with Crippen LogP contribution in [0.5, 0.6) is 0 Å². The number of benzene rings is 1. The Morgan fingerprint density at radius 2 is 2.04 bits per heavy atom. The Balaban J connectivity index is 1.79. The van der Waals surface area contributed by atoms with E-state index in [-0.39, 0.29) is 11.5 Å². The van der Waals surface area contributed by atoms with Crippen molar-refractivity contribution in [3.8, 4) is 0 Å². The van der Waals surface area contributed by atoms with E-state index < -0.39 is 40.9 Å². The van der Waals surface area contributed by atoms with Crippen molar-refractivity contribution < 1.29 is 19.9 Å². The molecule has 12 heteroatoms. The lowest BCUT2D eigenvalue weighted by molar-refractivity contribution is -0.384. The molecule has 0 spiro atoms. The average molecular weight is 412 g/mol. The van der Waals surface area contributed by atoms with E-state index in [1.165, 1.54) is 50.6 Å². The first-order valence-corrected chi connectivity index (χ1v) is 9.99. The molecule has 0 radical (unpaired) electrons. The van der Waals surface area contributed by atoms with Gasteiger partial charge in [-0.1, -0.05) is 21.6 Å². The van der Waals surface area contributed by atoms with Gasteiger partial charge >= 0.3 is 5.69 Å². The maximum Gasteiger partial charge on any atom is 0.351 e. The Morgan fingerprint density at radius 3 is 2.63 bits per heavy atom. The number of anilines is 1. The first-order valence-electron chi connectivity index (χ1n) is 7.77. The van der Waals surface area contributed by atoms with E-state index in [1.54, 1.807) is 12.1 Å². The maximum atomic E-state index is 12.1. The second-order valence-corrected chi connectivity index (χ2v) is 8.13. The molecular weight excluding hydrogens is 396 g/mol. The van der Waals surface area contributed by atoms with E-state index in [9.17, 15) is 25.1 Å². The van der Waals surface area contributed by atoms with Gasteiger partial charge in [0, 0.05) is 23.2 Å². The molecule has 1 fully saturated rings. The minimum absolute atomic E-state index is 0.0219. The molecule has 2 heterocycles. The Kier molecular flexibility index (Phi) is 6.01. The summed E-state index contributed by atoms with van der Waals surface area (Å²) >= 11 is 0. The van der Waals surface area contributed by atoms with Gasteiger partial charge in [0.25, 0.3) is 5.69 Å². The van der Waals surface area contributed by atoms with Crippen molar-refractivity contribution in [2.45, 2.75) is 28.6 Å². The second-order valence-electron chi connectivity index (χ2n) is 5.68. The molecule has 0 aliphatic carbocycles. The van der Waals surface area contributed by atoms with Gasteiger partial charge in [0.2, 0.25) is 0 Å². The van der Waals surface area contributed by atoms with Crippen LogP contribution in [-0.2, 0) is 4.74 Å². The van der Waals surface area contributed by atoms with Crippen molar-refractivity contribution >= 4 is 33.1 Å². The molecule has 144 valence electrons. The monoisotopic (exact) mass is 412 g/mol. The molecule has 0 saturated carbocycles. The number of aliphatic hydroxyl groups excluding tert-OH is 2. The number of nitro benzene ring substituents is 1. The van der Waals surface area contributed by atoms with Gasteiger partial charge < -0.3 is 20.7 Å². The molecule has 4 N–H and O–H groups in total. The van der Waals surface area contributed by atoms with Crippen molar-refractivity contribution in [3.63, 3.8) is 0 Å². The Labute approximate surface area is 160 Å². The van der Waals surface area contributed by atoms with Gasteiger partial charge in [0.15, 0.2) is 6.23 Å². The molecule has 0 unspecified atom stereocenters. The van der Waals surface area contributed by atoms with Crippen molar-refractivity contribution in [2.24, 2.45) is 0 Å². The summed E-state index contributed by atoms with van der Waals surface area (Å²) in [5.41, 5.74) is 4.85. The van der Waals surface area contributed by atoms with Gasteiger partial charge in [0.05, 0.1) is 22.9 Å². The predicted octanol–water partition coefficient (Wildman–Crippen LogP) is 0.793. The average Bonchev–Trinajstić information content (AvgIpc) is 2.96. The third-order valence-corrected chi connectivity index (χ3v) is 6.75. The molecule has 4 atom stereocenters. The van der Waals surface area contributed by atoms with Crippen molar-refractivity contribution in [1.82, 2.24) is 9.55 Å². The number of nitrogen functional groups attached to an aromatic ring is 1. The standard InChI is InChI=1S/C15H16N4O6S2/c16-11-5-6-18(15(22)17-11)14-13(12(21)10(7-20)25-14)27-26-9-3-1-8(2-4-9)19(23)24/h1-6,10,12-14,20-21H,7H2,(H2,16,17,22)/t10-,12-,13+,14-/m1/s1. The van der Waals surface area contributed by atoms with Gasteiger partial charge in [-0.25, -0.2) is 4.79 Å². The maximum absolute atomic E-state index is 12.1. The van der Waals surface area contributed by atoms with Crippen LogP contribution in [0.2, 0.25) is 0 Å². The van der Waals surface area contributed by atoms with E-state index >= 15 is 0 Å². The third kappa shape index (κ3) is 4.25. The van der Waals surface area contributed by atoms with Gasteiger partial charge in [-0.05, 0) is 18.2 Å². The van der Waals surface area contributed by atoms with E-state index in [4.69, 9.17) is 10.5 Å². The van der Waals surface area contributed by atoms with Crippen molar-refractivity contribution in [2.75, 3.05) is 12.3 Å². The van der Waals surface area contributed by atoms with E-state index in [0.717, 1.165) is 4.90 Å². The van der Waals surface area contributed by atoms with Crippen LogP contribution in [-0.4, -0.2) is 48.8 Å². The summed E-state index contributed by atoms with van der Waals surface area (Å²) in [6, 6.07) is 7.38. The van der Waals surface area contributed by atoms with Crippen LogP contribution in [0.4, 0.5) is 11.5 Å². The highest BCUT2D eigenvalue weighted by Gasteiger charge is 2.45. The van der Waals surface area contributed by atoms with Crippen LogP contribution in [0.15, 0.2) is 46.2 Å². The van der Waals surface area contributed by atoms with E-state index in [1.807, 2.05) is 0 Å². The molecule has 1 saturated heterocycles. The molecule has 0 bridgehead atoms.